The second-order valence-electron chi connectivity index (χ2n) is 6.67. The Morgan fingerprint density at radius 2 is 1.81 bits per heavy atom. The number of halogens is 7. The number of nitrogens with zero attached hydrogens (tertiary/aromatic N) is 5. The third-order valence-corrected chi connectivity index (χ3v) is 4.57. The van der Waals surface area contributed by atoms with Gasteiger partial charge >= 0.3 is 12.4 Å². The molecule has 1 unspecified atom stereocenters. The van der Waals surface area contributed by atoms with Crippen LogP contribution in [-0.2, 0) is 6.18 Å². The Morgan fingerprint density at radius 1 is 1.16 bits per heavy atom. The molecule has 1 aliphatic rings. The quantitative estimate of drug-likeness (QED) is 0.181. The fourth-order valence-corrected chi connectivity index (χ4v) is 2.89. The van der Waals surface area contributed by atoms with Crippen LogP contribution in [0.25, 0.3) is 0 Å². The van der Waals surface area contributed by atoms with E-state index in [1.54, 1.807) is 0 Å². The molecule has 1 aromatic heterocycles. The van der Waals surface area contributed by atoms with Crippen molar-refractivity contribution in [3.05, 3.63) is 18.0 Å². The number of hydrogen-bond acceptors (Lipinski definition) is 5. The highest BCUT2D eigenvalue weighted by atomic mass is 127. The Labute approximate surface area is 193 Å². The summed E-state index contributed by atoms with van der Waals surface area (Å²) < 4.78 is 76.7. The van der Waals surface area contributed by atoms with Crippen LogP contribution in [0, 0.1) is 0 Å². The van der Waals surface area contributed by atoms with E-state index in [-0.39, 0.29) is 56.1 Å². The fraction of sp³-hybridized carbons (Fsp3) is 0.706. The summed E-state index contributed by atoms with van der Waals surface area (Å²) in [5.74, 6) is 0.392. The zero-order chi connectivity index (χ0) is 22.4. The highest BCUT2D eigenvalue weighted by Gasteiger charge is 2.41. The molecule has 178 valence electrons. The van der Waals surface area contributed by atoms with Gasteiger partial charge in [-0.15, -0.1) is 24.0 Å². The van der Waals surface area contributed by atoms with Crippen molar-refractivity contribution < 1.29 is 26.3 Å². The van der Waals surface area contributed by atoms with Gasteiger partial charge in [0.25, 0.3) is 0 Å². The minimum absolute atomic E-state index is 0. The molecule has 7 nitrogen and oxygen atoms in total. The van der Waals surface area contributed by atoms with Crippen LogP contribution in [0.5, 0.6) is 0 Å². The van der Waals surface area contributed by atoms with Gasteiger partial charge in [-0.1, -0.05) is 0 Å². The molecular weight excluding hydrogens is 543 g/mol. The Morgan fingerprint density at radius 3 is 2.35 bits per heavy atom. The molecule has 31 heavy (non-hydrogen) atoms. The van der Waals surface area contributed by atoms with E-state index in [0.29, 0.717) is 25.6 Å². The molecular formula is C17H26F6IN7. The normalized spacial score (nSPS) is 17.2. The first-order valence-electron chi connectivity index (χ1n) is 9.50. The van der Waals surface area contributed by atoms with E-state index in [2.05, 4.69) is 25.6 Å². The Balaban J connectivity index is 0.00000480. The maximum Gasteiger partial charge on any atom is 0.433 e. The van der Waals surface area contributed by atoms with Crippen molar-refractivity contribution >= 4 is 35.9 Å². The maximum absolute atomic E-state index is 12.9. The monoisotopic (exact) mass is 569 g/mol. The smallest absolute Gasteiger partial charge is 0.357 e. The van der Waals surface area contributed by atoms with Gasteiger partial charge in [-0.05, 0) is 19.9 Å². The summed E-state index contributed by atoms with van der Waals surface area (Å²) >= 11 is 0. The van der Waals surface area contributed by atoms with Crippen LogP contribution in [0.15, 0.2) is 17.3 Å². The molecule has 2 rings (SSSR count). The number of aromatic nitrogens is 2. The lowest BCUT2D eigenvalue weighted by Gasteiger charge is -2.39. The predicted molar refractivity (Wildman–Crippen MR) is 116 cm³/mol. The molecule has 0 radical (unpaired) electrons. The summed E-state index contributed by atoms with van der Waals surface area (Å²) in [5, 5.41) is 5.77. The van der Waals surface area contributed by atoms with Crippen molar-refractivity contribution in [1.82, 2.24) is 25.1 Å². The first-order chi connectivity index (χ1) is 14.0. The number of guanidine groups is 1. The highest BCUT2D eigenvalue weighted by molar-refractivity contribution is 14.0. The van der Waals surface area contributed by atoms with E-state index in [1.807, 2.05) is 11.8 Å². The van der Waals surface area contributed by atoms with Crippen molar-refractivity contribution in [3.8, 4) is 0 Å². The Bertz CT molecular complexity index is 705. The number of piperazine rings is 1. The molecule has 14 heteroatoms. The number of alkyl halides is 6. The number of hydrogen-bond donors (Lipinski definition) is 2. The number of aliphatic imine (C=N–C) groups is 1. The van der Waals surface area contributed by atoms with Crippen molar-refractivity contribution in [2.24, 2.45) is 4.99 Å². The predicted octanol–water partition coefficient (Wildman–Crippen LogP) is 3.06. The van der Waals surface area contributed by atoms with E-state index in [1.165, 1.54) is 4.90 Å². The number of anilines is 1. The van der Waals surface area contributed by atoms with Crippen molar-refractivity contribution in [3.63, 3.8) is 0 Å². The minimum Gasteiger partial charge on any atom is -0.357 e. The van der Waals surface area contributed by atoms with Gasteiger partial charge in [0.05, 0.1) is 6.54 Å². The molecule has 1 aliphatic heterocycles. The van der Waals surface area contributed by atoms with E-state index >= 15 is 0 Å². The molecule has 0 bridgehead atoms. The topological polar surface area (TPSA) is 68.7 Å². The van der Waals surface area contributed by atoms with Crippen molar-refractivity contribution in [2.45, 2.75) is 32.2 Å². The largest absolute Gasteiger partial charge is 0.433 e. The van der Waals surface area contributed by atoms with Crippen LogP contribution in [0.4, 0.5) is 32.3 Å². The van der Waals surface area contributed by atoms with Gasteiger partial charge in [0.15, 0.2) is 5.96 Å². The molecule has 1 atom stereocenters. The first-order valence-corrected chi connectivity index (χ1v) is 9.50. The van der Waals surface area contributed by atoms with Crippen molar-refractivity contribution in [2.75, 3.05) is 51.1 Å². The van der Waals surface area contributed by atoms with E-state index < -0.39 is 24.1 Å². The lowest BCUT2D eigenvalue weighted by molar-refractivity contribution is -0.181. The molecule has 0 aromatic carbocycles. The fourth-order valence-electron chi connectivity index (χ4n) is 2.89. The van der Waals surface area contributed by atoms with E-state index in [9.17, 15) is 26.3 Å². The van der Waals surface area contributed by atoms with Gasteiger partial charge in [0.1, 0.15) is 11.7 Å². The molecule has 2 heterocycles. The SMILES string of the molecule is CCNC(=NCCNc1nccc(C(F)(F)F)n1)N1CCN(C(C)C(F)(F)F)CC1.I. The van der Waals surface area contributed by atoms with E-state index in [4.69, 9.17) is 0 Å². The molecule has 1 fully saturated rings. The summed E-state index contributed by atoms with van der Waals surface area (Å²) in [5.41, 5.74) is -1.04. The third-order valence-electron chi connectivity index (χ3n) is 4.57. The summed E-state index contributed by atoms with van der Waals surface area (Å²) in [4.78, 5) is 14.8. The van der Waals surface area contributed by atoms with Crippen LogP contribution >= 0.6 is 24.0 Å². The first kappa shape index (κ1) is 27.5. The summed E-state index contributed by atoms with van der Waals surface area (Å²) in [7, 11) is 0. The average Bonchev–Trinajstić information content (AvgIpc) is 2.69. The second kappa shape index (κ2) is 11.9. The van der Waals surface area contributed by atoms with Crippen LogP contribution in [0.1, 0.15) is 19.5 Å². The molecule has 0 spiro atoms. The van der Waals surface area contributed by atoms with Gasteiger partial charge < -0.3 is 15.5 Å². The summed E-state index contributed by atoms with van der Waals surface area (Å²) in [6, 6.07) is -0.720. The zero-order valence-corrected chi connectivity index (χ0v) is 19.4. The number of rotatable bonds is 6. The molecule has 0 saturated carbocycles. The van der Waals surface area contributed by atoms with Crippen molar-refractivity contribution in [1.29, 1.82) is 0 Å². The number of nitrogens with one attached hydrogen (secondary N) is 2. The minimum atomic E-state index is -4.55. The molecule has 1 aromatic rings. The van der Waals surface area contributed by atoms with Crippen LogP contribution in [0.3, 0.4) is 0 Å². The van der Waals surface area contributed by atoms with Gasteiger partial charge in [0.2, 0.25) is 5.95 Å². The standard InChI is InChI=1S/C17H25F6N7.HI/c1-3-24-15(30-10-8-29(9-11-30)12(2)16(18,19)20)27-7-6-26-14-25-5-4-13(28-14)17(21,22)23;/h4-5,12H,3,6-11H2,1-2H3,(H,24,27)(H,25,26,28);1H. The molecule has 1 saturated heterocycles. The summed E-state index contributed by atoms with van der Waals surface area (Å²) in [6.45, 7) is 5.28. The van der Waals surface area contributed by atoms with E-state index in [0.717, 1.165) is 19.2 Å². The Hall–Kier alpha value is -1.58. The van der Waals surface area contributed by atoms with Gasteiger partial charge in [-0.3, -0.25) is 9.89 Å². The molecule has 0 aliphatic carbocycles. The lowest BCUT2D eigenvalue weighted by Crippen LogP contribution is -2.56. The van der Waals surface area contributed by atoms with Gasteiger partial charge in [0, 0.05) is 45.5 Å². The van der Waals surface area contributed by atoms with Crippen LogP contribution in [0.2, 0.25) is 0 Å². The Kier molecular flexibility index (Phi) is 10.5. The molecule has 0 amide bonds. The lowest BCUT2D eigenvalue weighted by atomic mass is 10.2. The van der Waals surface area contributed by atoms with Crippen LogP contribution < -0.4 is 10.6 Å². The van der Waals surface area contributed by atoms with Crippen LogP contribution in [-0.4, -0.2) is 83.8 Å². The molecule has 2 N–H and O–H groups in total. The highest BCUT2D eigenvalue weighted by Crippen LogP contribution is 2.27. The average molecular weight is 569 g/mol. The van der Waals surface area contributed by atoms with Gasteiger partial charge in [-0.25, -0.2) is 9.97 Å². The third kappa shape index (κ3) is 8.46. The zero-order valence-electron chi connectivity index (χ0n) is 17.1. The van der Waals surface area contributed by atoms with Gasteiger partial charge in [-0.2, -0.15) is 26.3 Å². The maximum atomic E-state index is 12.9. The second-order valence-corrected chi connectivity index (χ2v) is 6.67. The summed E-state index contributed by atoms with van der Waals surface area (Å²) in [6.07, 6.45) is -7.80.